The predicted molar refractivity (Wildman–Crippen MR) is 70.6 cm³/mol. The fraction of sp³-hybridized carbons (Fsp3) is 0.250. The van der Waals surface area contributed by atoms with E-state index in [9.17, 15) is 4.79 Å². The lowest BCUT2D eigenvalue weighted by atomic mass is 9.95. The zero-order valence-corrected chi connectivity index (χ0v) is 11.0. The number of benzene rings is 1. The zero-order chi connectivity index (χ0) is 12.2. The van der Waals surface area contributed by atoms with E-state index in [1.807, 2.05) is 0 Å². The van der Waals surface area contributed by atoms with Gasteiger partial charge in [-0.05, 0) is 24.5 Å². The van der Waals surface area contributed by atoms with E-state index in [1.54, 1.807) is 6.07 Å². The van der Waals surface area contributed by atoms with Gasteiger partial charge >= 0.3 is 0 Å². The molecule has 0 bridgehead atoms. The molecule has 0 fully saturated rings. The Balaban J connectivity index is 2.43. The molecule has 1 aliphatic carbocycles. The van der Waals surface area contributed by atoms with E-state index in [0.717, 1.165) is 29.3 Å². The summed E-state index contributed by atoms with van der Waals surface area (Å²) in [6.07, 6.45) is 2.28. The Bertz CT molecular complexity index is 645. The number of hydrogen-bond acceptors (Lipinski definition) is 1. The summed E-state index contributed by atoms with van der Waals surface area (Å²) in [7, 11) is 0. The molecule has 1 heterocycles. The number of hydrogen-bond donors (Lipinski definition) is 1. The van der Waals surface area contributed by atoms with Gasteiger partial charge in [0.05, 0.1) is 20.8 Å². The second-order valence-electron chi connectivity index (χ2n) is 4.16. The van der Waals surface area contributed by atoms with Crippen LogP contribution in [0.5, 0.6) is 0 Å². The molecule has 1 aliphatic rings. The van der Waals surface area contributed by atoms with Gasteiger partial charge in [0.15, 0.2) is 5.78 Å². The highest BCUT2D eigenvalue weighted by atomic mass is 35.5. The number of aryl methyl sites for hydroxylation is 1. The van der Waals surface area contributed by atoms with Crippen molar-refractivity contribution in [2.24, 2.45) is 0 Å². The quantitative estimate of drug-likeness (QED) is 0.703. The van der Waals surface area contributed by atoms with Crippen molar-refractivity contribution in [3.63, 3.8) is 0 Å². The summed E-state index contributed by atoms with van der Waals surface area (Å²) in [5, 5.41) is 2.02. The van der Waals surface area contributed by atoms with Crippen LogP contribution in [0.15, 0.2) is 6.07 Å². The highest BCUT2D eigenvalue weighted by molar-refractivity contribution is 6.50. The maximum atomic E-state index is 11.8. The molecule has 0 amide bonds. The molecule has 0 saturated heterocycles. The monoisotopic (exact) mass is 287 g/mol. The fourth-order valence-electron chi connectivity index (χ4n) is 2.36. The van der Waals surface area contributed by atoms with E-state index in [1.165, 1.54) is 0 Å². The third-order valence-corrected chi connectivity index (χ3v) is 4.40. The molecule has 1 aromatic carbocycles. The third kappa shape index (κ3) is 1.59. The Morgan fingerprint density at radius 3 is 2.65 bits per heavy atom. The van der Waals surface area contributed by atoms with Gasteiger partial charge in [-0.25, -0.2) is 0 Å². The molecule has 2 nitrogen and oxygen atoms in total. The van der Waals surface area contributed by atoms with Gasteiger partial charge in [-0.1, -0.05) is 34.8 Å². The Kier molecular flexibility index (Phi) is 2.62. The van der Waals surface area contributed by atoms with Crippen molar-refractivity contribution in [3.05, 3.63) is 32.4 Å². The summed E-state index contributed by atoms with van der Waals surface area (Å²) < 4.78 is 0. The van der Waals surface area contributed by atoms with Gasteiger partial charge in [0.1, 0.15) is 0 Å². The minimum Gasteiger partial charge on any atom is -0.352 e. The predicted octanol–water partition coefficient (Wildman–Crippen LogP) is 4.65. The van der Waals surface area contributed by atoms with Crippen LogP contribution in [0.4, 0.5) is 0 Å². The Morgan fingerprint density at radius 1 is 1.12 bits per heavy atom. The number of H-pyrrole nitrogens is 1. The van der Waals surface area contributed by atoms with Crippen LogP contribution >= 0.6 is 34.8 Å². The van der Waals surface area contributed by atoms with Gasteiger partial charge in [-0.15, -0.1) is 0 Å². The van der Waals surface area contributed by atoms with E-state index in [0.29, 0.717) is 27.2 Å². The molecule has 0 aliphatic heterocycles. The minimum atomic E-state index is 0.130. The highest BCUT2D eigenvalue weighted by Crippen LogP contribution is 2.41. The molecular formula is C12H8Cl3NO. The van der Waals surface area contributed by atoms with Crippen LogP contribution < -0.4 is 0 Å². The van der Waals surface area contributed by atoms with Crippen LogP contribution in [0.2, 0.25) is 15.1 Å². The number of aromatic nitrogens is 1. The summed E-state index contributed by atoms with van der Waals surface area (Å²) in [6, 6.07) is 1.72. The molecule has 5 heteroatoms. The van der Waals surface area contributed by atoms with Crippen LogP contribution in [0.25, 0.3) is 10.9 Å². The van der Waals surface area contributed by atoms with Crippen LogP contribution in [0.1, 0.15) is 28.9 Å². The van der Waals surface area contributed by atoms with Crippen LogP contribution in [0.3, 0.4) is 0 Å². The lowest BCUT2D eigenvalue weighted by Crippen LogP contribution is -2.09. The first-order chi connectivity index (χ1) is 8.09. The summed E-state index contributed by atoms with van der Waals surface area (Å²) in [5.74, 6) is 0.130. The smallest absolute Gasteiger partial charge is 0.179 e. The lowest BCUT2D eigenvalue weighted by Gasteiger charge is -2.10. The number of aromatic amines is 1. The first-order valence-electron chi connectivity index (χ1n) is 5.31. The van der Waals surface area contributed by atoms with Gasteiger partial charge < -0.3 is 4.98 Å². The number of carbonyl (C=O) groups is 1. The molecule has 0 atom stereocenters. The van der Waals surface area contributed by atoms with Gasteiger partial charge in [-0.3, -0.25) is 4.79 Å². The molecule has 1 aromatic heterocycles. The molecule has 88 valence electrons. The minimum absolute atomic E-state index is 0.130. The third-order valence-electron chi connectivity index (χ3n) is 3.13. The van der Waals surface area contributed by atoms with Crippen LogP contribution in [-0.4, -0.2) is 10.8 Å². The first-order valence-corrected chi connectivity index (χ1v) is 6.44. The van der Waals surface area contributed by atoms with Crippen molar-refractivity contribution in [2.75, 3.05) is 0 Å². The molecule has 17 heavy (non-hydrogen) atoms. The summed E-state index contributed by atoms with van der Waals surface area (Å²) in [4.78, 5) is 14.9. The Morgan fingerprint density at radius 2 is 1.88 bits per heavy atom. The van der Waals surface area contributed by atoms with Crippen LogP contribution in [0, 0.1) is 0 Å². The van der Waals surface area contributed by atoms with E-state index in [-0.39, 0.29) is 5.78 Å². The SMILES string of the molecule is O=C1CCCc2c1[nH]c1cc(Cl)c(Cl)c(Cl)c21. The van der Waals surface area contributed by atoms with Gasteiger partial charge in [0.25, 0.3) is 0 Å². The van der Waals surface area contributed by atoms with E-state index in [2.05, 4.69) is 4.98 Å². The van der Waals surface area contributed by atoms with Gasteiger partial charge in [-0.2, -0.15) is 0 Å². The normalized spacial score (nSPS) is 15.4. The average molecular weight is 289 g/mol. The molecule has 2 aromatic rings. The molecule has 0 spiro atoms. The van der Waals surface area contributed by atoms with Crippen molar-refractivity contribution in [1.29, 1.82) is 0 Å². The number of Topliss-reactive ketones (excluding diaryl/α,β-unsaturated/α-hetero) is 1. The highest BCUT2D eigenvalue weighted by Gasteiger charge is 2.24. The van der Waals surface area contributed by atoms with Crippen molar-refractivity contribution < 1.29 is 4.79 Å². The van der Waals surface area contributed by atoms with Crippen molar-refractivity contribution >= 4 is 51.5 Å². The Hall–Kier alpha value is -0.700. The molecular weight excluding hydrogens is 280 g/mol. The van der Waals surface area contributed by atoms with Crippen LogP contribution in [-0.2, 0) is 6.42 Å². The molecule has 0 saturated carbocycles. The topological polar surface area (TPSA) is 32.9 Å². The second kappa shape index (κ2) is 3.91. The van der Waals surface area contributed by atoms with E-state index >= 15 is 0 Å². The second-order valence-corrected chi connectivity index (χ2v) is 5.33. The standard InChI is InChI=1S/C12H8Cl3NO/c13-6-4-7-9(11(15)10(6)14)5-2-1-3-8(17)12(5)16-7/h4,16H,1-3H2. The number of fused-ring (bicyclic) bond motifs is 3. The zero-order valence-electron chi connectivity index (χ0n) is 8.74. The fourth-order valence-corrected chi connectivity index (χ4v) is 3.08. The molecule has 3 rings (SSSR count). The van der Waals surface area contributed by atoms with E-state index < -0.39 is 0 Å². The molecule has 1 N–H and O–H groups in total. The maximum Gasteiger partial charge on any atom is 0.179 e. The summed E-state index contributed by atoms with van der Waals surface area (Å²) in [6.45, 7) is 0. The number of ketones is 1. The van der Waals surface area contributed by atoms with Crippen molar-refractivity contribution in [3.8, 4) is 0 Å². The Labute approximate surface area is 113 Å². The van der Waals surface area contributed by atoms with Gasteiger partial charge in [0, 0.05) is 17.3 Å². The number of halogens is 3. The largest absolute Gasteiger partial charge is 0.352 e. The number of carbonyl (C=O) groups excluding carboxylic acids is 1. The first kappa shape index (κ1) is 11.4. The van der Waals surface area contributed by atoms with Crippen molar-refractivity contribution in [1.82, 2.24) is 4.98 Å². The van der Waals surface area contributed by atoms with Gasteiger partial charge in [0.2, 0.25) is 0 Å². The maximum absolute atomic E-state index is 11.8. The molecule has 0 unspecified atom stereocenters. The van der Waals surface area contributed by atoms with E-state index in [4.69, 9.17) is 34.8 Å². The average Bonchev–Trinajstić information content (AvgIpc) is 2.66. The summed E-state index contributed by atoms with van der Waals surface area (Å²) >= 11 is 18.2. The summed E-state index contributed by atoms with van der Waals surface area (Å²) in [5.41, 5.74) is 2.41. The number of rotatable bonds is 0. The lowest BCUT2D eigenvalue weighted by molar-refractivity contribution is 0.0968. The van der Waals surface area contributed by atoms with Crippen molar-refractivity contribution in [2.45, 2.75) is 19.3 Å². The number of nitrogens with one attached hydrogen (secondary N) is 1. The molecule has 0 radical (unpaired) electrons.